The predicted molar refractivity (Wildman–Crippen MR) is 84.0 cm³/mol. The van der Waals surface area contributed by atoms with Crippen LogP contribution in [0.2, 0.25) is 0 Å². The molecule has 0 saturated carbocycles. The van der Waals surface area contributed by atoms with E-state index >= 15 is 0 Å². The Bertz CT molecular complexity index is 513. The van der Waals surface area contributed by atoms with Gasteiger partial charge in [-0.15, -0.1) is 0 Å². The Morgan fingerprint density at radius 3 is 2.82 bits per heavy atom. The van der Waals surface area contributed by atoms with E-state index in [1.54, 1.807) is 11.1 Å². The van der Waals surface area contributed by atoms with Gasteiger partial charge in [-0.25, -0.2) is 0 Å². The van der Waals surface area contributed by atoms with E-state index in [4.69, 9.17) is 0 Å². The molecule has 0 spiro atoms. The number of rotatable bonds is 4. The number of amides is 2. The number of nitrogens with zero attached hydrogens (tertiary/aromatic N) is 3. The van der Waals surface area contributed by atoms with E-state index in [0.29, 0.717) is 13.1 Å². The summed E-state index contributed by atoms with van der Waals surface area (Å²) in [5.41, 5.74) is 0.800. The summed E-state index contributed by atoms with van der Waals surface area (Å²) >= 11 is 0. The highest BCUT2D eigenvalue weighted by Crippen LogP contribution is 2.13. The summed E-state index contributed by atoms with van der Waals surface area (Å²) in [4.78, 5) is 31.5. The maximum Gasteiger partial charge on any atom is 0.244 e. The largest absolute Gasteiger partial charge is 0.350 e. The average molecular weight is 304 g/mol. The number of pyridine rings is 1. The molecule has 1 N–H and O–H groups in total. The van der Waals surface area contributed by atoms with Crippen LogP contribution in [0.25, 0.3) is 0 Å². The smallest absolute Gasteiger partial charge is 0.244 e. The zero-order chi connectivity index (χ0) is 16.2. The number of nitrogens with one attached hydrogen (secondary N) is 1. The number of aromatic nitrogens is 1. The van der Waals surface area contributed by atoms with Crippen LogP contribution in [0.4, 0.5) is 0 Å². The van der Waals surface area contributed by atoms with Crippen LogP contribution in [-0.2, 0) is 16.1 Å². The van der Waals surface area contributed by atoms with Gasteiger partial charge in [-0.1, -0.05) is 6.07 Å². The highest BCUT2D eigenvalue weighted by atomic mass is 16.2. The molecular weight excluding hydrogens is 280 g/mol. The van der Waals surface area contributed by atoms with Crippen LogP contribution in [0.15, 0.2) is 24.5 Å². The average Bonchev–Trinajstić information content (AvgIpc) is 2.46. The molecule has 0 bridgehead atoms. The van der Waals surface area contributed by atoms with Crippen molar-refractivity contribution in [2.24, 2.45) is 0 Å². The molecule has 22 heavy (non-hydrogen) atoms. The third kappa shape index (κ3) is 4.53. The molecule has 6 nitrogen and oxygen atoms in total. The summed E-state index contributed by atoms with van der Waals surface area (Å²) in [7, 11) is 0. The predicted octanol–water partition coefficient (Wildman–Crippen LogP) is 0.639. The van der Waals surface area contributed by atoms with Crippen LogP contribution in [0.5, 0.6) is 0 Å². The Labute approximate surface area is 131 Å². The normalized spacial score (nSPS) is 19.8. The fourth-order valence-corrected chi connectivity index (χ4v) is 2.56. The zero-order valence-electron chi connectivity index (χ0n) is 13.5. The lowest BCUT2D eigenvalue weighted by Gasteiger charge is -2.39. The van der Waals surface area contributed by atoms with E-state index in [0.717, 1.165) is 25.1 Å². The van der Waals surface area contributed by atoms with Gasteiger partial charge < -0.3 is 10.2 Å². The first-order valence-electron chi connectivity index (χ1n) is 7.53. The van der Waals surface area contributed by atoms with Crippen molar-refractivity contribution >= 4 is 12.3 Å². The monoisotopic (exact) mass is 304 g/mol. The Balaban J connectivity index is 2.03. The van der Waals surface area contributed by atoms with Crippen LogP contribution in [0.3, 0.4) is 0 Å². The molecule has 1 unspecified atom stereocenters. The lowest BCUT2D eigenvalue weighted by Crippen LogP contribution is -2.60. The molecule has 1 saturated heterocycles. The number of hydrogen-bond acceptors (Lipinski definition) is 4. The highest BCUT2D eigenvalue weighted by Gasteiger charge is 2.33. The summed E-state index contributed by atoms with van der Waals surface area (Å²) in [5.74, 6) is -0.101. The Kier molecular flexibility index (Phi) is 5.13. The molecular formula is C16H24N4O2. The van der Waals surface area contributed by atoms with E-state index in [1.807, 2.05) is 39.1 Å². The molecule has 2 amide bonds. The molecule has 0 aromatic carbocycles. The molecule has 120 valence electrons. The fraction of sp³-hybridized carbons (Fsp3) is 0.562. The molecule has 1 fully saturated rings. The second-order valence-corrected chi connectivity index (χ2v) is 6.69. The van der Waals surface area contributed by atoms with Crippen molar-refractivity contribution in [2.45, 2.75) is 38.9 Å². The number of carbonyl (C=O) groups excluding carboxylic acids is 2. The Hall–Kier alpha value is -1.95. The first-order chi connectivity index (χ1) is 10.4. The summed E-state index contributed by atoms with van der Waals surface area (Å²) in [6, 6.07) is 3.48. The van der Waals surface area contributed by atoms with Crippen LogP contribution in [-0.4, -0.2) is 58.3 Å². The molecule has 2 heterocycles. The molecule has 1 aliphatic rings. The van der Waals surface area contributed by atoms with E-state index < -0.39 is 6.04 Å². The molecule has 1 aliphatic heterocycles. The van der Waals surface area contributed by atoms with Gasteiger partial charge in [0.1, 0.15) is 6.04 Å². The van der Waals surface area contributed by atoms with Crippen molar-refractivity contribution in [3.05, 3.63) is 30.1 Å². The minimum atomic E-state index is -0.442. The second kappa shape index (κ2) is 6.87. The fourth-order valence-electron chi connectivity index (χ4n) is 2.56. The van der Waals surface area contributed by atoms with Gasteiger partial charge in [-0.3, -0.25) is 19.5 Å². The molecule has 0 radical (unpaired) electrons. The van der Waals surface area contributed by atoms with Crippen LogP contribution in [0, 0.1) is 0 Å². The number of carbonyl (C=O) groups is 2. The van der Waals surface area contributed by atoms with Gasteiger partial charge >= 0.3 is 0 Å². The quantitative estimate of drug-likeness (QED) is 0.829. The van der Waals surface area contributed by atoms with Gasteiger partial charge in [0.15, 0.2) is 0 Å². The molecule has 6 heteroatoms. The Morgan fingerprint density at radius 2 is 2.23 bits per heavy atom. The Morgan fingerprint density at radius 1 is 1.45 bits per heavy atom. The van der Waals surface area contributed by atoms with E-state index in [-0.39, 0.29) is 11.4 Å². The van der Waals surface area contributed by atoms with Crippen molar-refractivity contribution in [3.8, 4) is 0 Å². The van der Waals surface area contributed by atoms with Gasteiger partial charge in [0.05, 0.1) is 0 Å². The third-order valence-electron chi connectivity index (χ3n) is 3.57. The third-order valence-corrected chi connectivity index (χ3v) is 3.57. The summed E-state index contributed by atoms with van der Waals surface area (Å²) in [6.45, 7) is 8.40. The van der Waals surface area contributed by atoms with Crippen molar-refractivity contribution < 1.29 is 9.59 Å². The maximum absolute atomic E-state index is 12.4. The minimum absolute atomic E-state index is 0.101. The van der Waals surface area contributed by atoms with Crippen LogP contribution in [0.1, 0.15) is 26.3 Å². The first-order valence-corrected chi connectivity index (χ1v) is 7.53. The standard InChI is InChI=1S/C16H24N4O2/c1-16(2,3)18-15(22)14-11-19(7-8-20(14)12-21)10-13-5-4-6-17-9-13/h4-6,9,12,14H,7-8,10-11H2,1-3H3,(H,18,22). The summed E-state index contributed by atoms with van der Waals surface area (Å²) in [5, 5.41) is 2.96. The molecule has 1 aromatic rings. The summed E-state index contributed by atoms with van der Waals surface area (Å²) in [6.07, 6.45) is 4.35. The van der Waals surface area contributed by atoms with Crippen molar-refractivity contribution in [1.82, 2.24) is 20.1 Å². The zero-order valence-corrected chi connectivity index (χ0v) is 13.5. The maximum atomic E-state index is 12.4. The van der Waals surface area contributed by atoms with Crippen molar-refractivity contribution in [2.75, 3.05) is 19.6 Å². The van der Waals surface area contributed by atoms with Gasteiger partial charge in [0, 0.05) is 44.1 Å². The van der Waals surface area contributed by atoms with Crippen LogP contribution >= 0.6 is 0 Å². The number of piperazine rings is 1. The minimum Gasteiger partial charge on any atom is -0.350 e. The number of hydrogen-bond donors (Lipinski definition) is 1. The van der Waals surface area contributed by atoms with Crippen LogP contribution < -0.4 is 5.32 Å². The van der Waals surface area contributed by atoms with Gasteiger partial charge in [-0.2, -0.15) is 0 Å². The summed E-state index contributed by atoms with van der Waals surface area (Å²) < 4.78 is 0. The van der Waals surface area contributed by atoms with E-state index in [9.17, 15) is 9.59 Å². The lowest BCUT2D eigenvalue weighted by molar-refractivity contribution is -0.137. The van der Waals surface area contributed by atoms with Crippen molar-refractivity contribution in [3.63, 3.8) is 0 Å². The first kappa shape index (κ1) is 16.4. The molecule has 1 aromatic heterocycles. The van der Waals surface area contributed by atoms with E-state index in [1.165, 1.54) is 0 Å². The van der Waals surface area contributed by atoms with Gasteiger partial charge in [0.2, 0.25) is 12.3 Å². The molecule has 1 atom stereocenters. The van der Waals surface area contributed by atoms with Crippen molar-refractivity contribution in [1.29, 1.82) is 0 Å². The lowest BCUT2D eigenvalue weighted by atomic mass is 10.1. The highest BCUT2D eigenvalue weighted by molar-refractivity contribution is 5.84. The molecule has 0 aliphatic carbocycles. The second-order valence-electron chi connectivity index (χ2n) is 6.69. The van der Waals surface area contributed by atoms with E-state index in [2.05, 4.69) is 15.2 Å². The topological polar surface area (TPSA) is 65.5 Å². The van der Waals surface area contributed by atoms with Gasteiger partial charge in [-0.05, 0) is 32.4 Å². The SMILES string of the molecule is CC(C)(C)NC(=O)C1CN(Cc2cccnc2)CCN1C=O. The molecule has 2 rings (SSSR count). The van der Waals surface area contributed by atoms with Gasteiger partial charge in [0.25, 0.3) is 0 Å².